The van der Waals surface area contributed by atoms with Crippen molar-refractivity contribution in [3.8, 4) is 5.75 Å². The first-order valence-electron chi connectivity index (χ1n) is 11.8. The molecule has 3 nitrogen and oxygen atoms in total. The molecule has 6 rings (SSSR count). The van der Waals surface area contributed by atoms with E-state index in [1.165, 1.54) is 38.9 Å². The maximum absolute atomic E-state index is 10.3. The predicted molar refractivity (Wildman–Crippen MR) is 130 cm³/mol. The molecule has 1 unspecified atom stereocenters. The lowest BCUT2D eigenvalue weighted by molar-refractivity contribution is 0.0765. The average molecular weight is 423 g/mol. The van der Waals surface area contributed by atoms with Crippen molar-refractivity contribution in [3.63, 3.8) is 0 Å². The van der Waals surface area contributed by atoms with E-state index in [9.17, 15) is 5.11 Å². The number of H-pyrrole nitrogens is 1. The van der Waals surface area contributed by atoms with Crippen molar-refractivity contribution < 1.29 is 5.11 Å². The number of aromatic hydroxyl groups is 1. The van der Waals surface area contributed by atoms with E-state index >= 15 is 0 Å². The highest BCUT2D eigenvalue weighted by Crippen LogP contribution is 2.49. The Morgan fingerprint density at radius 1 is 1.03 bits per heavy atom. The molecular formula is C29H30N2O. The van der Waals surface area contributed by atoms with Crippen molar-refractivity contribution in [1.29, 1.82) is 0 Å². The predicted octanol–water partition coefficient (Wildman–Crippen LogP) is 5.74. The van der Waals surface area contributed by atoms with Gasteiger partial charge in [0, 0.05) is 35.1 Å². The Morgan fingerprint density at radius 3 is 2.75 bits per heavy atom. The molecular weight excluding hydrogens is 392 g/mol. The minimum absolute atomic E-state index is 0.0643. The number of fused-ring (bicyclic) bond motifs is 4. The van der Waals surface area contributed by atoms with Crippen molar-refractivity contribution in [3.05, 3.63) is 101 Å². The number of phenols is 1. The third kappa shape index (κ3) is 3.23. The number of likely N-dealkylation sites (tertiary alicyclic amines) is 1. The van der Waals surface area contributed by atoms with Crippen LogP contribution in [-0.2, 0) is 24.8 Å². The summed E-state index contributed by atoms with van der Waals surface area (Å²) in [5.74, 6) is 0.897. The number of nitrogens with zero attached hydrogens (tertiary/aromatic N) is 1. The molecule has 32 heavy (non-hydrogen) atoms. The molecule has 162 valence electrons. The summed E-state index contributed by atoms with van der Waals surface area (Å²) in [5, 5.41) is 11.7. The molecule has 1 aliphatic carbocycles. The summed E-state index contributed by atoms with van der Waals surface area (Å²) < 4.78 is 0. The number of nitrogens with one attached hydrogen (secondary N) is 1. The van der Waals surface area contributed by atoms with Crippen LogP contribution in [0.25, 0.3) is 10.9 Å². The van der Waals surface area contributed by atoms with Crippen LogP contribution in [0.4, 0.5) is 0 Å². The maximum atomic E-state index is 10.3. The number of piperidine rings is 1. The van der Waals surface area contributed by atoms with E-state index in [2.05, 4.69) is 71.4 Å². The Labute approximate surface area is 189 Å². The second-order valence-corrected chi connectivity index (χ2v) is 9.89. The normalized spacial score (nSPS) is 23.1. The summed E-state index contributed by atoms with van der Waals surface area (Å²) in [6, 6.07) is 25.7. The van der Waals surface area contributed by atoms with Crippen molar-refractivity contribution in [2.45, 2.75) is 38.1 Å². The Morgan fingerprint density at radius 2 is 1.91 bits per heavy atom. The van der Waals surface area contributed by atoms with E-state index in [1.54, 1.807) is 6.07 Å². The van der Waals surface area contributed by atoms with Gasteiger partial charge < -0.3 is 10.1 Å². The largest absolute Gasteiger partial charge is 0.508 e. The van der Waals surface area contributed by atoms with Gasteiger partial charge in [-0.05, 0) is 79.6 Å². The zero-order valence-corrected chi connectivity index (χ0v) is 18.6. The first-order valence-corrected chi connectivity index (χ1v) is 11.8. The van der Waals surface area contributed by atoms with Crippen LogP contribution in [0.3, 0.4) is 0 Å². The highest BCUT2D eigenvalue weighted by atomic mass is 16.3. The molecule has 1 aliphatic heterocycles. The Hall–Kier alpha value is -3.04. The summed E-state index contributed by atoms with van der Waals surface area (Å²) in [5.41, 5.74) is 8.21. The minimum atomic E-state index is 0.0643. The quantitative estimate of drug-likeness (QED) is 0.442. The lowest BCUT2D eigenvalue weighted by Crippen LogP contribution is -2.53. The van der Waals surface area contributed by atoms with Crippen LogP contribution in [0.15, 0.2) is 72.8 Å². The molecule has 0 radical (unpaired) electrons. The molecule has 1 aromatic heterocycles. The van der Waals surface area contributed by atoms with Gasteiger partial charge in [-0.2, -0.15) is 0 Å². The second-order valence-electron chi connectivity index (χ2n) is 9.89. The molecule has 3 aromatic carbocycles. The number of hydrogen-bond acceptors (Lipinski definition) is 2. The van der Waals surface area contributed by atoms with Gasteiger partial charge in [0.25, 0.3) is 0 Å². The molecule has 1 fully saturated rings. The van der Waals surface area contributed by atoms with Gasteiger partial charge in [0.2, 0.25) is 0 Å². The molecule has 0 spiro atoms. The van der Waals surface area contributed by atoms with E-state index in [4.69, 9.17) is 0 Å². The SMILES string of the molecule is Cc1ccc2[nH]c3c(c2c1)CC1CN(Cc2ccccc2)CC[C@@]1(c1cccc(O)c1)C3. The van der Waals surface area contributed by atoms with Gasteiger partial charge in [0.1, 0.15) is 5.75 Å². The lowest BCUT2D eigenvalue weighted by Gasteiger charge is -2.51. The van der Waals surface area contributed by atoms with Gasteiger partial charge in [-0.3, -0.25) is 4.90 Å². The number of aryl methyl sites for hydroxylation is 1. The van der Waals surface area contributed by atoms with E-state index in [-0.39, 0.29) is 5.41 Å². The van der Waals surface area contributed by atoms with Crippen LogP contribution in [0.5, 0.6) is 5.75 Å². The molecule has 0 amide bonds. The Bertz CT molecular complexity index is 1280. The number of aromatic amines is 1. The number of benzene rings is 3. The van der Waals surface area contributed by atoms with Gasteiger partial charge in [-0.25, -0.2) is 0 Å². The van der Waals surface area contributed by atoms with Gasteiger partial charge >= 0.3 is 0 Å². The van der Waals surface area contributed by atoms with Crippen LogP contribution in [0, 0.1) is 12.8 Å². The van der Waals surface area contributed by atoms with Gasteiger partial charge in [0.15, 0.2) is 0 Å². The standard InChI is InChI=1S/C29H30N2O/c1-20-10-11-27-25(14-20)26-16-23-19-31(18-21-6-3-2-4-7-21)13-12-29(23,17-28(26)30-27)22-8-5-9-24(32)15-22/h2-11,14-15,23,30,32H,12-13,16-19H2,1H3/t23?,29-/m0/s1. The fraction of sp³-hybridized carbons (Fsp3) is 0.310. The lowest BCUT2D eigenvalue weighted by atomic mass is 9.58. The van der Waals surface area contributed by atoms with E-state index in [0.717, 1.165) is 38.9 Å². The molecule has 1 saturated heterocycles. The number of hydrogen-bond donors (Lipinski definition) is 2. The van der Waals surface area contributed by atoms with Crippen LogP contribution < -0.4 is 0 Å². The van der Waals surface area contributed by atoms with Crippen LogP contribution in [-0.4, -0.2) is 28.1 Å². The van der Waals surface area contributed by atoms with E-state index in [0.29, 0.717) is 11.7 Å². The maximum Gasteiger partial charge on any atom is 0.115 e. The number of rotatable bonds is 3. The van der Waals surface area contributed by atoms with Crippen LogP contribution in [0.2, 0.25) is 0 Å². The first-order chi connectivity index (χ1) is 15.6. The number of phenolic OH excluding ortho intramolecular Hbond substituents is 1. The van der Waals surface area contributed by atoms with Crippen LogP contribution >= 0.6 is 0 Å². The monoisotopic (exact) mass is 422 g/mol. The van der Waals surface area contributed by atoms with Crippen LogP contribution in [0.1, 0.15) is 34.4 Å². The molecule has 2 aliphatic rings. The molecule has 2 heterocycles. The topological polar surface area (TPSA) is 39.3 Å². The fourth-order valence-corrected chi connectivity index (χ4v) is 6.28. The van der Waals surface area contributed by atoms with Crippen molar-refractivity contribution in [2.24, 2.45) is 5.92 Å². The van der Waals surface area contributed by atoms with Crippen molar-refractivity contribution in [2.75, 3.05) is 13.1 Å². The summed E-state index contributed by atoms with van der Waals surface area (Å²) in [6.45, 7) is 5.35. The summed E-state index contributed by atoms with van der Waals surface area (Å²) >= 11 is 0. The summed E-state index contributed by atoms with van der Waals surface area (Å²) in [4.78, 5) is 6.39. The van der Waals surface area contributed by atoms with E-state index in [1.807, 2.05) is 12.1 Å². The Balaban J connectivity index is 1.41. The Kier molecular flexibility index (Phi) is 4.62. The van der Waals surface area contributed by atoms with Crippen molar-refractivity contribution in [1.82, 2.24) is 9.88 Å². The average Bonchev–Trinajstić information content (AvgIpc) is 3.14. The third-order valence-electron chi connectivity index (χ3n) is 7.90. The third-order valence-corrected chi connectivity index (χ3v) is 7.90. The van der Waals surface area contributed by atoms with Gasteiger partial charge in [-0.15, -0.1) is 0 Å². The highest BCUT2D eigenvalue weighted by molar-refractivity contribution is 5.86. The van der Waals surface area contributed by atoms with Gasteiger partial charge in [-0.1, -0.05) is 54.1 Å². The molecule has 0 bridgehead atoms. The fourth-order valence-electron chi connectivity index (χ4n) is 6.28. The zero-order valence-electron chi connectivity index (χ0n) is 18.6. The number of aromatic nitrogens is 1. The van der Waals surface area contributed by atoms with E-state index < -0.39 is 0 Å². The molecule has 3 heteroatoms. The highest BCUT2D eigenvalue weighted by Gasteiger charge is 2.48. The molecule has 2 atom stereocenters. The smallest absolute Gasteiger partial charge is 0.115 e. The molecule has 0 saturated carbocycles. The summed E-state index contributed by atoms with van der Waals surface area (Å²) in [7, 11) is 0. The summed E-state index contributed by atoms with van der Waals surface area (Å²) in [6.07, 6.45) is 3.21. The van der Waals surface area contributed by atoms with Gasteiger partial charge in [0.05, 0.1) is 0 Å². The minimum Gasteiger partial charge on any atom is -0.508 e. The molecule has 2 N–H and O–H groups in total. The first kappa shape index (κ1) is 19.6. The second kappa shape index (κ2) is 7.53. The zero-order chi connectivity index (χ0) is 21.7. The van der Waals surface area contributed by atoms with Crippen molar-refractivity contribution >= 4 is 10.9 Å². The molecule has 4 aromatic rings.